The van der Waals surface area contributed by atoms with Gasteiger partial charge in [0, 0.05) is 18.6 Å². The summed E-state index contributed by atoms with van der Waals surface area (Å²) in [6.45, 7) is 1.81. The van der Waals surface area contributed by atoms with Crippen LogP contribution in [0.25, 0.3) is 11.6 Å². The number of furan rings is 1. The monoisotopic (exact) mass is 335 g/mol. The van der Waals surface area contributed by atoms with Crippen molar-refractivity contribution in [3.05, 3.63) is 30.0 Å². The molecule has 1 atom stereocenters. The highest BCUT2D eigenvalue weighted by molar-refractivity contribution is 8.00. The second-order valence-electron chi connectivity index (χ2n) is 4.43. The van der Waals surface area contributed by atoms with E-state index in [-0.39, 0.29) is 11.2 Å². The molecule has 3 aromatic rings. The van der Waals surface area contributed by atoms with Gasteiger partial charge in [0.2, 0.25) is 5.91 Å². The zero-order valence-electron chi connectivity index (χ0n) is 11.9. The summed E-state index contributed by atoms with van der Waals surface area (Å²) in [6.07, 6.45) is 3.23. The van der Waals surface area contributed by atoms with Crippen LogP contribution >= 0.6 is 23.1 Å². The summed E-state index contributed by atoms with van der Waals surface area (Å²) >= 11 is 2.71. The number of hydrogen-bond acceptors (Lipinski definition) is 7. The van der Waals surface area contributed by atoms with Crippen LogP contribution in [0.3, 0.4) is 0 Å². The van der Waals surface area contributed by atoms with Crippen molar-refractivity contribution in [1.82, 2.24) is 19.7 Å². The van der Waals surface area contributed by atoms with Crippen molar-refractivity contribution in [3.8, 4) is 11.6 Å². The Hall–Kier alpha value is -2.13. The second kappa shape index (κ2) is 6.32. The fraction of sp³-hybridized carbons (Fsp3) is 0.231. The van der Waals surface area contributed by atoms with Crippen molar-refractivity contribution >= 4 is 34.1 Å². The van der Waals surface area contributed by atoms with Crippen molar-refractivity contribution in [2.45, 2.75) is 17.3 Å². The first kappa shape index (κ1) is 14.8. The molecule has 0 aromatic carbocycles. The molecule has 7 nitrogen and oxygen atoms in total. The Balaban J connectivity index is 1.69. The fourth-order valence-electron chi connectivity index (χ4n) is 1.74. The van der Waals surface area contributed by atoms with Gasteiger partial charge in [0.1, 0.15) is 0 Å². The highest BCUT2D eigenvalue weighted by atomic mass is 32.2. The summed E-state index contributed by atoms with van der Waals surface area (Å²) in [5.41, 5.74) is 0. The van der Waals surface area contributed by atoms with E-state index in [2.05, 4.69) is 20.5 Å². The SMILES string of the molecule is C[C@@H](Sc1nnc(-c2ccco2)n1C)C(=O)Nc1nccs1. The highest BCUT2D eigenvalue weighted by Crippen LogP contribution is 2.26. The van der Waals surface area contributed by atoms with Gasteiger partial charge in [0.25, 0.3) is 0 Å². The smallest absolute Gasteiger partial charge is 0.239 e. The van der Waals surface area contributed by atoms with E-state index in [4.69, 9.17) is 4.42 Å². The maximum Gasteiger partial charge on any atom is 0.239 e. The van der Waals surface area contributed by atoms with Gasteiger partial charge in [-0.3, -0.25) is 4.79 Å². The Labute approximate surface area is 134 Å². The predicted molar refractivity (Wildman–Crippen MR) is 84.8 cm³/mol. The van der Waals surface area contributed by atoms with Crippen LogP contribution in [-0.2, 0) is 11.8 Å². The van der Waals surface area contributed by atoms with Crippen LogP contribution in [0, 0.1) is 0 Å². The number of thioether (sulfide) groups is 1. The van der Waals surface area contributed by atoms with E-state index >= 15 is 0 Å². The van der Waals surface area contributed by atoms with E-state index in [1.807, 2.05) is 25.4 Å². The third-order valence-electron chi connectivity index (χ3n) is 2.89. The lowest BCUT2D eigenvalue weighted by Crippen LogP contribution is -2.22. The van der Waals surface area contributed by atoms with Crippen LogP contribution in [-0.4, -0.2) is 30.9 Å². The molecule has 1 amide bonds. The Bertz CT molecular complexity index is 752. The molecular weight excluding hydrogens is 322 g/mol. The lowest BCUT2D eigenvalue weighted by Gasteiger charge is -2.09. The molecule has 0 unspecified atom stereocenters. The van der Waals surface area contributed by atoms with Crippen LogP contribution in [0.1, 0.15) is 6.92 Å². The van der Waals surface area contributed by atoms with Crippen molar-refractivity contribution in [2.75, 3.05) is 5.32 Å². The summed E-state index contributed by atoms with van der Waals surface area (Å²) in [5, 5.41) is 13.7. The maximum atomic E-state index is 12.1. The van der Waals surface area contributed by atoms with E-state index in [1.165, 1.54) is 23.1 Å². The normalized spacial score (nSPS) is 12.3. The molecule has 3 rings (SSSR count). The number of nitrogens with zero attached hydrogens (tertiary/aromatic N) is 4. The quantitative estimate of drug-likeness (QED) is 0.721. The molecule has 0 aliphatic heterocycles. The molecule has 0 saturated heterocycles. The summed E-state index contributed by atoms with van der Waals surface area (Å²) in [6, 6.07) is 3.61. The summed E-state index contributed by atoms with van der Waals surface area (Å²) in [5.74, 6) is 1.14. The molecule has 22 heavy (non-hydrogen) atoms. The number of thiazole rings is 1. The minimum atomic E-state index is -0.323. The van der Waals surface area contributed by atoms with Crippen molar-refractivity contribution in [1.29, 1.82) is 0 Å². The molecule has 9 heteroatoms. The molecule has 0 radical (unpaired) electrons. The molecule has 0 bridgehead atoms. The van der Waals surface area contributed by atoms with Gasteiger partial charge in [-0.05, 0) is 19.1 Å². The predicted octanol–water partition coefficient (Wildman–Crippen LogP) is 2.65. The van der Waals surface area contributed by atoms with Gasteiger partial charge < -0.3 is 14.3 Å². The molecule has 0 saturated carbocycles. The van der Waals surface area contributed by atoms with E-state index in [1.54, 1.807) is 23.1 Å². The van der Waals surface area contributed by atoms with Gasteiger partial charge in [0.15, 0.2) is 21.9 Å². The molecule has 3 aromatic heterocycles. The lowest BCUT2D eigenvalue weighted by molar-refractivity contribution is -0.115. The Morgan fingerprint density at radius 2 is 2.36 bits per heavy atom. The number of aromatic nitrogens is 4. The highest BCUT2D eigenvalue weighted by Gasteiger charge is 2.20. The molecule has 0 fully saturated rings. The first-order chi connectivity index (χ1) is 10.6. The maximum absolute atomic E-state index is 12.1. The topological polar surface area (TPSA) is 85.8 Å². The number of hydrogen-bond donors (Lipinski definition) is 1. The number of carbonyl (C=O) groups excluding carboxylic acids is 1. The molecular formula is C13H13N5O2S2. The minimum Gasteiger partial charge on any atom is -0.461 e. The second-order valence-corrected chi connectivity index (χ2v) is 6.63. The summed E-state index contributed by atoms with van der Waals surface area (Å²) in [4.78, 5) is 16.2. The van der Waals surface area contributed by atoms with Crippen LogP contribution < -0.4 is 5.32 Å². The van der Waals surface area contributed by atoms with Crippen LogP contribution in [0.5, 0.6) is 0 Å². The van der Waals surface area contributed by atoms with Crippen LogP contribution in [0.2, 0.25) is 0 Å². The molecule has 114 valence electrons. The summed E-state index contributed by atoms with van der Waals surface area (Å²) < 4.78 is 7.12. The molecule has 1 N–H and O–H groups in total. The fourth-order valence-corrected chi connectivity index (χ4v) is 3.09. The first-order valence-electron chi connectivity index (χ1n) is 6.45. The van der Waals surface area contributed by atoms with Gasteiger partial charge >= 0.3 is 0 Å². The van der Waals surface area contributed by atoms with Crippen LogP contribution in [0.15, 0.2) is 39.5 Å². The molecule has 0 spiro atoms. The van der Waals surface area contributed by atoms with Gasteiger partial charge in [0.05, 0.1) is 11.5 Å². The Morgan fingerprint density at radius 1 is 1.50 bits per heavy atom. The minimum absolute atomic E-state index is 0.123. The summed E-state index contributed by atoms with van der Waals surface area (Å²) in [7, 11) is 1.84. The molecule has 3 heterocycles. The van der Waals surface area contributed by atoms with E-state index in [0.29, 0.717) is 21.9 Å². The Morgan fingerprint density at radius 3 is 3.05 bits per heavy atom. The number of anilines is 1. The third-order valence-corrected chi connectivity index (χ3v) is 4.71. The first-order valence-corrected chi connectivity index (χ1v) is 8.21. The van der Waals surface area contributed by atoms with E-state index in [0.717, 1.165) is 0 Å². The van der Waals surface area contributed by atoms with Gasteiger partial charge in [-0.25, -0.2) is 4.98 Å². The number of rotatable bonds is 5. The van der Waals surface area contributed by atoms with Gasteiger partial charge in [-0.1, -0.05) is 11.8 Å². The number of nitrogens with one attached hydrogen (secondary N) is 1. The average molecular weight is 335 g/mol. The zero-order valence-corrected chi connectivity index (χ0v) is 13.5. The lowest BCUT2D eigenvalue weighted by atomic mass is 10.4. The van der Waals surface area contributed by atoms with Gasteiger partial charge in [-0.2, -0.15) is 0 Å². The molecule has 0 aliphatic rings. The number of amides is 1. The van der Waals surface area contributed by atoms with Gasteiger partial charge in [-0.15, -0.1) is 21.5 Å². The number of carbonyl (C=O) groups is 1. The van der Waals surface area contributed by atoms with Crippen molar-refractivity contribution in [2.24, 2.45) is 7.05 Å². The van der Waals surface area contributed by atoms with E-state index < -0.39 is 0 Å². The molecule has 0 aliphatic carbocycles. The third kappa shape index (κ3) is 3.04. The van der Waals surface area contributed by atoms with Crippen LogP contribution in [0.4, 0.5) is 5.13 Å². The Kier molecular flexibility index (Phi) is 4.25. The largest absolute Gasteiger partial charge is 0.461 e. The van der Waals surface area contributed by atoms with E-state index in [9.17, 15) is 4.79 Å². The zero-order chi connectivity index (χ0) is 15.5. The van der Waals surface area contributed by atoms with Crippen molar-refractivity contribution < 1.29 is 9.21 Å². The average Bonchev–Trinajstić information content (AvgIpc) is 3.22. The standard InChI is InChI=1S/C13H13N5O2S2/c1-8(11(19)15-12-14-5-7-21-12)22-13-17-16-10(18(13)2)9-4-3-6-20-9/h3-8H,1-2H3,(H,14,15,19)/t8-/m1/s1. The van der Waals surface area contributed by atoms with Crippen molar-refractivity contribution in [3.63, 3.8) is 0 Å².